The second-order valence-electron chi connectivity index (χ2n) is 8.12. The third-order valence-electron chi connectivity index (χ3n) is 4.83. The summed E-state index contributed by atoms with van der Waals surface area (Å²) in [5.41, 5.74) is 0. The molecule has 3 heterocycles. The number of aryl methyl sites for hydroxylation is 3. The molecule has 22 heteroatoms. The molecule has 19 nitrogen and oxygen atoms in total. The minimum absolute atomic E-state index is 0. The van der Waals surface area contributed by atoms with Crippen molar-refractivity contribution < 1.29 is 74.8 Å². The maximum absolute atomic E-state index is 8.49. The fourth-order valence-corrected chi connectivity index (χ4v) is 2.88. The molecule has 0 amide bonds. The molecule has 0 N–H and O–H groups in total. The molecular weight excluding hydrogens is 685 g/mol. The second-order valence-corrected chi connectivity index (χ2v) is 9.63. The van der Waals surface area contributed by atoms with E-state index in [0.29, 0.717) is 19.6 Å². The minimum Gasteiger partial charge on any atom is -0.333 e. The molecule has 3 rings (SSSR count). The van der Waals surface area contributed by atoms with E-state index in [0.717, 1.165) is 37.1 Å². The first-order valence-electron chi connectivity index (χ1n) is 12.2. The van der Waals surface area contributed by atoms with Crippen molar-refractivity contribution in [2.24, 2.45) is 36.1 Å². The minimum atomic E-state index is -4.94. The van der Waals surface area contributed by atoms with Gasteiger partial charge in [0, 0.05) is 84.9 Å². The maximum Gasteiger partial charge on any atom is 2.00 e. The summed E-state index contributed by atoms with van der Waals surface area (Å²) in [5, 5.41) is 7.32. The average Bonchev–Trinajstić information content (AvgIpc) is 3.62. The van der Waals surface area contributed by atoms with Crippen molar-refractivity contribution in [1.29, 1.82) is 5.26 Å². The van der Waals surface area contributed by atoms with Gasteiger partial charge in [-0.3, -0.25) is 19.9 Å². The first-order valence-corrected chi connectivity index (χ1v) is 14.7. The fraction of sp³-hybridized carbons (Fsp3) is 0.435. The van der Waals surface area contributed by atoms with Crippen molar-refractivity contribution in [3.05, 3.63) is 54.7 Å². The zero-order valence-corrected chi connectivity index (χ0v) is 27.3. The normalized spacial score (nSPS) is 11.4. The van der Waals surface area contributed by atoms with Crippen LogP contribution in [0.3, 0.4) is 0 Å². The van der Waals surface area contributed by atoms with E-state index in [-0.39, 0.29) is 17.1 Å². The maximum atomic E-state index is 8.49. The van der Waals surface area contributed by atoms with Gasteiger partial charge in [-0.05, 0) is 0 Å². The Kier molecular flexibility index (Phi) is 23.6. The van der Waals surface area contributed by atoms with Gasteiger partial charge < -0.3 is 13.7 Å². The molecule has 0 fully saturated rings. The SMILES string of the molecule is CC#N.Cn1ccnc1C=NCCN(CCN=Cc1nccn1C)CCN=Cc1nccn1C.[Fe+2].[O-][Cl+3]([O-])([O-])[O-].[O-][Cl+3]([O-])([O-])[O-]. The molecule has 0 saturated carbocycles. The van der Waals surface area contributed by atoms with Crippen molar-refractivity contribution in [3.63, 3.8) is 0 Å². The number of nitriles is 1. The van der Waals surface area contributed by atoms with E-state index in [1.165, 1.54) is 6.92 Å². The molecular formula is C23H33Cl2FeN11O8. The van der Waals surface area contributed by atoms with Crippen LogP contribution in [0.1, 0.15) is 24.4 Å². The van der Waals surface area contributed by atoms with E-state index in [1.54, 1.807) is 24.7 Å². The van der Waals surface area contributed by atoms with E-state index in [1.807, 2.05) is 72.1 Å². The van der Waals surface area contributed by atoms with Crippen LogP contribution in [0.15, 0.2) is 52.2 Å². The van der Waals surface area contributed by atoms with Gasteiger partial charge in [0.15, 0.2) is 0 Å². The van der Waals surface area contributed by atoms with Crippen LogP contribution in [-0.2, 0) is 38.2 Å². The Balaban J connectivity index is 0. The molecule has 45 heavy (non-hydrogen) atoms. The molecule has 0 bridgehead atoms. The van der Waals surface area contributed by atoms with Gasteiger partial charge in [-0.2, -0.15) is 5.26 Å². The first-order chi connectivity index (χ1) is 20.5. The van der Waals surface area contributed by atoms with Crippen molar-refractivity contribution in [3.8, 4) is 6.07 Å². The van der Waals surface area contributed by atoms with Crippen LogP contribution < -0.4 is 37.3 Å². The molecule has 250 valence electrons. The number of hydrogen-bond donors (Lipinski definition) is 0. The van der Waals surface area contributed by atoms with Crippen molar-refractivity contribution >= 4 is 18.6 Å². The standard InChI is InChI=1S/C21H30N10.C2H3N.2ClHO4.Fe/c1-28-10-7-25-19(28)16-22-4-13-31(14-5-23-17-20-26-8-11-29(20)2)15-6-24-18-21-27-9-12-30(21)3;1-2-3;2*2-1(3,4)5;/h7-12,16-18H,4-6,13-15H2,1-3H3;1H3;2*(H,2,3,4,5);/q;;;;+2/p-2. The molecule has 0 unspecified atom stereocenters. The van der Waals surface area contributed by atoms with Crippen LogP contribution in [0.2, 0.25) is 0 Å². The molecule has 0 aliphatic rings. The Bertz CT molecular complexity index is 1160. The Morgan fingerprint density at radius 2 is 0.889 bits per heavy atom. The summed E-state index contributed by atoms with van der Waals surface area (Å²) in [6, 6.07) is 1.75. The van der Waals surface area contributed by atoms with E-state index in [2.05, 4.69) is 34.8 Å². The molecule has 0 spiro atoms. The summed E-state index contributed by atoms with van der Waals surface area (Å²) in [7, 11) is -4.01. The third kappa shape index (κ3) is 26.9. The van der Waals surface area contributed by atoms with Gasteiger partial charge in [-0.1, -0.05) is 0 Å². The van der Waals surface area contributed by atoms with Gasteiger partial charge in [0.1, 0.15) is 17.5 Å². The predicted octanol–water partition coefficient (Wildman–Crippen LogP) is -8.14. The van der Waals surface area contributed by atoms with E-state index in [4.69, 9.17) is 42.5 Å². The number of rotatable bonds is 12. The molecule has 0 aromatic carbocycles. The predicted molar refractivity (Wildman–Crippen MR) is 135 cm³/mol. The van der Waals surface area contributed by atoms with Crippen LogP contribution in [0.4, 0.5) is 0 Å². The van der Waals surface area contributed by atoms with Gasteiger partial charge >= 0.3 is 17.1 Å². The van der Waals surface area contributed by atoms with Gasteiger partial charge in [-0.15, -0.1) is 20.5 Å². The van der Waals surface area contributed by atoms with E-state index < -0.39 is 20.5 Å². The van der Waals surface area contributed by atoms with Crippen LogP contribution in [-0.4, -0.2) is 91.5 Å². The Labute approximate surface area is 274 Å². The van der Waals surface area contributed by atoms with Crippen LogP contribution in [0.5, 0.6) is 0 Å². The molecule has 0 aliphatic heterocycles. The average molecular weight is 718 g/mol. The number of imidazole rings is 3. The third-order valence-corrected chi connectivity index (χ3v) is 4.83. The number of nitrogens with zero attached hydrogens (tertiary/aromatic N) is 11. The fourth-order valence-electron chi connectivity index (χ4n) is 2.88. The smallest absolute Gasteiger partial charge is 0.333 e. The van der Waals surface area contributed by atoms with Gasteiger partial charge in [0.05, 0.1) is 44.3 Å². The summed E-state index contributed by atoms with van der Waals surface area (Å²) in [6.07, 6.45) is 16.5. The summed E-state index contributed by atoms with van der Waals surface area (Å²) >= 11 is 0. The first kappa shape index (κ1) is 44.0. The van der Waals surface area contributed by atoms with E-state index >= 15 is 0 Å². The number of hydrogen-bond acceptors (Lipinski definition) is 16. The topological polar surface area (TPSA) is 302 Å². The largest absolute Gasteiger partial charge is 2.00 e. The van der Waals surface area contributed by atoms with Crippen molar-refractivity contribution in [1.82, 2.24) is 33.6 Å². The van der Waals surface area contributed by atoms with Gasteiger partial charge in [-0.25, -0.2) is 52.2 Å². The van der Waals surface area contributed by atoms with Crippen molar-refractivity contribution in [2.75, 3.05) is 39.3 Å². The summed E-state index contributed by atoms with van der Waals surface area (Å²) in [5.74, 6) is 2.56. The molecule has 0 saturated heterocycles. The summed E-state index contributed by atoms with van der Waals surface area (Å²) < 4.78 is 73.8. The zero-order valence-electron chi connectivity index (χ0n) is 24.7. The molecule has 0 aliphatic carbocycles. The Morgan fingerprint density at radius 1 is 0.667 bits per heavy atom. The zero-order chi connectivity index (χ0) is 33.6. The van der Waals surface area contributed by atoms with Crippen LogP contribution in [0, 0.1) is 31.8 Å². The monoisotopic (exact) mass is 717 g/mol. The Morgan fingerprint density at radius 3 is 1.07 bits per heavy atom. The summed E-state index contributed by atoms with van der Waals surface area (Å²) in [4.78, 5) is 28.7. The Hall–Kier alpha value is -3.13. The quantitative estimate of drug-likeness (QED) is 0.124. The number of aliphatic imine (C=N–C) groups is 3. The van der Waals surface area contributed by atoms with Gasteiger partial charge in [0.25, 0.3) is 0 Å². The molecule has 3 aromatic rings. The molecule has 0 atom stereocenters. The number of aromatic nitrogens is 6. The van der Waals surface area contributed by atoms with Gasteiger partial charge in [0.2, 0.25) is 0 Å². The van der Waals surface area contributed by atoms with Crippen LogP contribution >= 0.6 is 0 Å². The second kappa shape index (κ2) is 24.1. The molecule has 0 radical (unpaired) electrons. The number of halogens is 2. The molecule has 3 aromatic heterocycles. The van der Waals surface area contributed by atoms with E-state index in [9.17, 15) is 0 Å². The van der Waals surface area contributed by atoms with Crippen LogP contribution in [0.25, 0.3) is 0 Å². The summed E-state index contributed by atoms with van der Waals surface area (Å²) in [6.45, 7) is 6.00. The van der Waals surface area contributed by atoms with Crippen molar-refractivity contribution in [2.45, 2.75) is 6.92 Å².